The van der Waals surface area contributed by atoms with E-state index in [4.69, 9.17) is 5.10 Å². The van der Waals surface area contributed by atoms with E-state index in [9.17, 15) is 14.4 Å². The quantitative estimate of drug-likeness (QED) is 0.393. The van der Waals surface area contributed by atoms with Gasteiger partial charge in [0, 0.05) is 42.9 Å². The number of nitrogens with zero attached hydrogens (tertiary/aromatic N) is 5. The number of imide groups is 1. The molecular formula is C31H30N6O3. The van der Waals surface area contributed by atoms with Gasteiger partial charge in [-0.25, -0.2) is 4.68 Å². The van der Waals surface area contributed by atoms with Crippen molar-refractivity contribution in [1.82, 2.24) is 29.9 Å². The first-order valence-corrected chi connectivity index (χ1v) is 13.9. The number of rotatable bonds is 5. The van der Waals surface area contributed by atoms with Gasteiger partial charge in [-0.05, 0) is 79.2 Å². The third-order valence-electron chi connectivity index (χ3n) is 8.49. The second kappa shape index (κ2) is 9.98. The molecule has 0 aliphatic carbocycles. The Kier molecular flexibility index (Phi) is 6.15. The standard InChI is InChI=1S/C31H30N6O3/c38-29-8-7-28(30(39)33-29)36-18-24-15-22(5-6-26(24)31(36)40)21-9-12-35(13-10-21)17-20-3-4-23-19-37(34-27(23)14-20)25-2-1-11-32-16-25/h1-6,11,14-16,19,21,28H,7-10,12-13,17-18H2,(H,33,38,39). The number of nitrogens with one attached hydrogen (secondary N) is 1. The fraction of sp³-hybridized carbons (Fsp3) is 0.323. The highest BCUT2D eigenvalue weighted by Gasteiger charge is 2.39. The summed E-state index contributed by atoms with van der Waals surface area (Å²) < 4.78 is 1.88. The van der Waals surface area contributed by atoms with Crippen LogP contribution in [-0.4, -0.2) is 61.4 Å². The molecule has 3 aliphatic rings. The van der Waals surface area contributed by atoms with Crippen molar-refractivity contribution < 1.29 is 14.4 Å². The van der Waals surface area contributed by atoms with Crippen molar-refractivity contribution >= 4 is 28.6 Å². The predicted molar refractivity (Wildman–Crippen MR) is 149 cm³/mol. The molecule has 2 fully saturated rings. The van der Waals surface area contributed by atoms with Crippen LogP contribution in [-0.2, 0) is 22.7 Å². The SMILES string of the molecule is O=C1CCC(N2Cc3cc(C4CCN(Cc5ccc6cn(-c7cccnc7)nc6c5)CC4)ccc3C2=O)C(=O)N1. The number of carbonyl (C=O) groups excluding carboxylic acids is 3. The fourth-order valence-corrected chi connectivity index (χ4v) is 6.31. The van der Waals surface area contributed by atoms with E-state index in [1.165, 1.54) is 11.1 Å². The summed E-state index contributed by atoms with van der Waals surface area (Å²) >= 11 is 0. The maximum atomic E-state index is 13.0. The van der Waals surface area contributed by atoms with Gasteiger partial charge in [-0.1, -0.05) is 24.3 Å². The fourth-order valence-electron chi connectivity index (χ4n) is 6.31. The van der Waals surface area contributed by atoms with Crippen molar-refractivity contribution in [2.45, 2.75) is 50.7 Å². The second-order valence-electron chi connectivity index (χ2n) is 11.0. The Labute approximate surface area is 231 Å². The maximum Gasteiger partial charge on any atom is 0.255 e. The molecule has 202 valence electrons. The van der Waals surface area contributed by atoms with Crippen LogP contribution in [0.25, 0.3) is 16.6 Å². The molecule has 0 radical (unpaired) electrons. The minimum absolute atomic E-state index is 0.117. The zero-order valence-corrected chi connectivity index (χ0v) is 22.1. The number of pyridine rings is 1. The lowest BCUT2D eigenvalue weighted by Crippen LogP contribution is -2.52. The monoisotopic (exact) mass is 534 g/mol. The van der Waals surface area contributed by atoms with Crippen LogP contribution in [0, 0.1) is 0 Å². The summed E-state index contributed by atoms with van der Waals surface area (Å²) in [5.41, 5.74) is 6.10. The number of benzene rings is 2. The maximum absolute atomic E-state index is 13.0. The Morgan fingerprint density at radius 3 is 2.65 bits per heavy atom. The van der Waals surface area contributed by atoms with E-state index in [0.717, 1.165) is 54.6 Å². The number of amides is 3. The number of fused-ring (bicyclic) bond motifs is 2. The molecular weight excluding hydrogens is 504 g/mol. The van der Waals surface area contributed by atoms with Gasteiger partial charge < -0.3 is 4.90 Å². The number of aromatic nitrogens is 3. The molecule has 4 aromatic rings. The minimum Gasteiger partial charge on any atom is -0.322 e. The Hall–Kier alpha value is -4.37. The summed E-state index contributed by atoms with van der Waals surface area (Å²) in [5.74, 6) is -0.311. The number of hydrogen-bond acceptors (Lipinski definition) is 6. The molecule has 1 atom stereocenters. The summed E-state index contributed by atoms with van der Waals surface area (Å²) in [6, 6.07) is 16.0. The Bertz CT molecular complexity index is 1620. The first-order chi connectivity index (χ1) is 19.5. The van der Waals surface area contributed by atoms with E-state index in [-0.39, 0.29) is 24.1 Å². The summed E-state index contributed by atoms with van der Waals surface area (Å²) in [7, 11) is 0. The number of piperidine rings is 2. The number of hydrogen-bond donors (Lipinski definition) is 1. The molecule has 3 amide bonds. The molecule has 9 heteroatoms. The van der Waals surface area contributed by atoms with Crippen molar-refractivity contribution in [3.05, 3.63) is 89.4 Å². The van der Waals surface area contributed by atoms with Crippen LogP contribution < -0.4 is 5.32 Å². The molecule has 7 rings (SSSR count). The first kappa shape index (κ1) is 24.7. The smallest absolute Gasteiger partial charge is 0.255 e. The second-order valence-corrected chi connectivity index (χ2v) is 11.0. The van der Waals surface area contributed by atoms with Gasteiger partial charge in [0.1, 0.15) is 6.04 Å². The third-order valence-corrected chi connectivity index (χ3v) is 8.49. The number of likely N-dealkylation sites (tertiary alicyclic amines) is 1. The largest absolute Gasteiger partial charge is 0.322 e. The molecule has 2 aromatic heterocycles. The predicted octanol–water partition coefficient (Wildman–Crippen LogP) is 3.56. The summed E-state index contributed by atoms with van der Waals surface area (Å²) in [4.78, 5) is 45.2. The van der Waals surface area contributed by atoms with E-state index < -0.39 is 6.04 Å². The molecule has 0 bridgehead atoms. The lowest BCUT2D eigenvalue weighted by atomic mass is 9.87. The van der Waals surface area contributed by atoms with Gasteiger partial charge in [-0.2, -0.15) is 5.10 Å². The van der Waals surface area contributed by atoms with Gasteiger partial charge in [0.15, 0.2) is 0 Å². The van der Waals surface area contributed by atoms with Crippen molar-refractivity contribution in [3.63, 3.8) is 0 Å². The average Bonchev–Trinajstić information content (AvgIpc) is 3.54. The lowest BCUT2D eigenvalue weighted by molar-refractivity contribution is -0.136. The minimum atomic E-state index is -0.576. The molecule has 5 heterocycles. The van der Waals surface area contributed by atoms with Crippen molar-refractivity contribution in [2.24, 2.45) is 0 Å². The molecule has 9 nitrogen and oxygen atoms in total. The van der Waals surface area contributed by atoms with Gasteiger partial charge in [-0.3, -0.25) is 29.6 Å². The van der Waals surface area contributed by atoms with Crippen LogP contribution in [0.2, 0.25) is 0 Å². The molecule has 2 aromatic carbocycles. The topological polar surface area (TPSA) is 100 Å². The van der Waals surface area contributed by atoms with Crippen molar-refractivity contribution in [1.29, 1.82) is 0 Å². The summed E-state index contributed by atoms with van der Waals surface area (Å²) in [5, 5.41) is 8.24. The van der Waals surface area contributed by atoms with Crippen LogP contribution in [0.15, 0.2) is 67.1 Å². The molecule has 0 spiro atoms. The Morgan fingerprint density at radius 2 is 1.85 bits per heavy atom. The van der Waals surface area contributed by atoms with Crippen LogP contribution in [0.3, 0.4) is 0 Å². The zero-order chi connectivity index (χ0) is 27.2. The van der Waals surface area contributed by atoms with Gasteiger partial charge in [-0.15, -0.1) is 0 Å². The molecule has 2 saturated heterocycles. The average molecular weight is 535 g/mol. The normalized spacial score (nSPS) is 20.2. The molecule has 40 heavy (non-hydrogen) atoms. The highest BCUT2D eigenvalue weighted by atomic mass is 16.2. The van der Waals surface area contributed by atoms with E-state index in [1.54, 1.807) is 11.1 Å². The van der Waals surface area contributed by atoms with Crippen LogP contribution in [0.5, 0.6) is 0 Å². The highest BCUT2D eigenvalue weighted by Crippen LogP contribution is 2.34. The Morgan fingerprint density at radius 1 is 0.975 bits per heavy atom. The number of carbonyl (C=O) groups is 3. The zero-order valence-electron chi connectivity index (χ0n) is 22.1. The van der Waals surface area contributed by atoms with Crippen LogP contribution in [0.4, 0.5) is 0 Å². The van der Waals surface area contributed by atoms with E-state index >= 15 is 0 Å². The van der Waals surface area contributed by atoms with Crippen LogP contribution in [0.1, 0.15) is 58.6 Å². The van der Waals surface area contributed by atoms with Crippen molar-refractivity contribution in [3.8, 4) is 5.69 Å². The summed E-state index contributed by atoms with van der Waals surface area (Å²) in [6.45, 7) is 3.32. The van der Waals surface area contributed by atoms with E-state index in [0.29, 0.717) is 24.4 Å². The van der Waals surface area contributed by atoms with Crippen LogP contribution >= 0.6 is 0 Å². The van der Waals surface area contributed by atoms with Gasteiger partial charge in [0.2, 0.25) is 11.8 Å². The van der Waals surface area contributed by atoms with Crippen molar-refractivity contribution in [2.75, 3.05) is 13.1 Å². The molecule has 3 aliphatic heterocycles. The molecule has 0 saturated carbocycles. The Balaban J connectivity index is 0.986. The van der Waals surface area contributed by atoms with Gasteiger partial charge >= 0.3 is 0 Å². The lowest BCUT2D eigenvalue weighted by Gasteiger charge is -2.32. The summed E-state index contributed by atoms with van der Waals surface area (Å²) in [6.07, 6.45) is 8.37. The molecule has 1 unspecified atom stereocenters. The van der Waals surface area contributed by atoms with Gasteiger partial charge in [0.05, 0.1) is 17.4 Å². The van der Waals surface area contributed by atoms with E-state index in [2.05, 4.69) is 45.5 Å². The highest BCUT2D eigenvalue weighted by molar-refractivity contribution is 6.05. The van der Waals surface area contributed by atoms with Gasteiger partial charge in [0.25, 0.3) is 5.91 Å². The third kappa shape index (κ3) is 4.56. The van der Waals surface area contributed by atoms with E-state index in [1.807, 2.05) is 35.3 Å². The first-order valence-electron chi connectivity index (χ1n) is 13.9. The molecule has 1 N–H and O–H groups in total.